The van der Waals surface area contributed by atoms with Crippen LogP contribution in [0.15, 0.2) is 85.1 Å². The first-order valence-electron chi connectivity index (χ1n) is 35.7. The molecule has 0 spiro atoms. The molecule has 0 aliphatic carbocycles. The van der Waals surface area contributed by atoms with Crippen molar-refractivity contribution >= 4 is 17.9 Å². The fourth-order valence-corrected chi connectivity index (χ4v) is 10.2. The zero-order valence-corrected chi connectivity index (χ0v) is 56.2. The molecule has 0 aliphatic heterocycles. The molecule has 2 unspecified atom stereocenters. The van der Waals surface area contributed by atoms with Gasteiger partial charge in [-0.05, 0) is 89.9 Å². The van der Waals surface area contributed by atoms with Crippen LogP contribution in [0.25, 0.3) is 0 Å². The van der Waals surface area contributed by atoms with E-state index >= 15 is 0 Å². The number of hydrogen-bond donors (Lipinski definition) is 0. The molecule has 0 radical (unpaired) electrons. The number of allylic oxidation sites excluding steroid dienone is 14. The van der Waals surface area contributed by atoms with Crippen molar-refractivity contribution in [2.75, 3.05) is 47.5 Å². The molecular weight excluding hydrogens is 1050 g/mol. The molecule has 0 saturated heterocycles. The highest BCUT2D eigenvalue weighted by Gasteiger charge is 2.22. The topological polar surface area (TPSA) is 111 Å². The zero-order valence-electron chi connectivity index (χ0n) is 56.2. The van der Waals surface area contributed by atoms with Crippen molar-refractivity contribution < 1.29 is 42.9 Å². The number of hydrogen-bond acceptors (Lipinski definition) is 8. The molecule has 492 valence electrons. The number of unbranched alkanes of at least 4 members (excludes halogenated alkanes) is 37. The van der Waals surface area contributed by atoms with Gasteiger partial charge in [0.05, 0.1) is 40.3 Å². The standard InChI is InChI=1S/C76H135NO8/c1-6-8-10-12-14-16-18-20-22-24-26-28-30-32-33-34-35-36-37-38-39-40-41-43-45-47-49-51-53-55-57-59-61-63-65-67-74(79)85-72(71-84-76(75(80)81)82-69-68-77(3,4)5)70-83-73(78)66-64-62-60-58-56-54-52-50-48-46-44-42-31-29-27-25-23-21-19-17-15-13-11-9-7-2/h8,10,14,16,19-22,25-28,31,42,72,76H,6-7,9,11-13,15,17-18,23-24,29-30,32-41,43-71H2,1-5H3/b10-8-,16-14-,21-19-,22-20-,27-25-,28-26-,42-31-. The third-order valence-corrected chi connectivity index (χ3v) is 15.6. The van der Waals surface area contributed by atoms with Crippen LogP contribution >= 0.6 is 0 Å². The molecule has 0 N–H and O–H groups in total. The summed E-state index contributed by atoms with van der Waals surface area (Å²) in [5.41, 5.74) is 0. The van der Waals surface area contributed by atoms with Crippen LogP contribution < -0.4 is 5.11 Å². The summed E-state index contributed by atoms with van der Waals surface area (Å²) in [4.78, 5) is 37.5. The van der Waals surface area contributed by atoms with Crippen molar-refractivity contribution in [2.45, 2.75) is 334 Å². The smallest absolute Gasteiger partial charge is 0.306 e. The number of nitrogens with zero attached hydrogens (tertiary/aromatic N) is 1. The van der Waals surface area contributed by atoms with E-state index < -0.39 is 24.3 Å². The quantitative estimate of drug-likeness (QED) is 0.0195. The van der Waals surface area contributed by atoms with E-state index in [1.165, 1.54) is 218 Å². The number of carbonyl (C=O) groups excluding carboxylic acids is 3. The lowest BCUT2D eigenvalue weighted by Crippen LogP contribution is -2.44. The van der Waals surface area contributed by atoms with Crippen LogP contribution in [0.3, 0.4) is 0 Å². The lowest BCUT2D eigenvalue weighted by molar-refractivity contribution is -0.870. The van der Waals surface area contributed by atoms with E-state index in [1.807, 2.05) is 21.1 Å². The number of aliphatic carboxylic acids is 1. The Labute approximate surface area is 525 Å². The monoisotopic (exact) mass is 1190 g/mol. The average Bonchev–Trinajstić information content (AvgIpc) is 3.48. The van der Waals surface area contributed by atoms with Crippen LogP contribution in [0.4, 0.5) is 0 Å². The number of ether oxygens (including phenoxy) is 4. The Morgan fingerprint density at radius 2 is 0.671 bits per heavy atom. The van der Waals surface area contributed by atoms with Gasteiger partial charge in [-0.15, -0.1) is 0 Å². The van der Waals surface area contributed by atoms with Gasteiger partial charge in [0.25, 0.3) is 0 Å². The summed E-state index contributed by atoms with van der Waals surface area (Å²) >= 11 is 0. The van der Waals surface area contributed by atoms with Gasteiger partial charge in [0.15, 0.2) is 12.4 Å². The average molecular weight is 1190 g/mol. The first kappa shape index (κ1) is 81.5. The molecule has 9 nitrogen and oxygen atoms in total. The maximum Gasteiger partial charge on any atom is 0.306 e. The second kappa shape index (κ2) is 66.4. The molecule has 0 fully saturated rings. The van der Waals surface area contributed by atoms with E-state index in [2.05, 4.69) is 98.9 Å². The Morgan fingerprint density at radius 3 is 1.00 bits per heavy atom. The molecule has 0 aliphatic rings. The van der Waals surface area contributed by atoms with Gasteiger partial charge in [-0.2, -0.15) is 0 Å². The maximum absolute atomic E-state index is 12.9. The molecule has 9 heteroatoms. The predicted octanol–water partition coefficient (Wildman–Crippen LogP) is 20.9. The third-order valence-electron chi connectivity index (χ3n) is 15.6. The van der Waals surface area contributed by atoms with Gasteiger partial charge in [-0.25, -0.2) is 0 Å². The fourth-order valence-electron chi connectivity index (χ4n) is 10.2. The molecule has 0 bridgehead atoms. The molecular formula is C76H135NO8. The first-order chi connectivity index (χ1) is 41.6. The van der Waals surface area contributed by atoms with Gasteiger partial charge in [-0.1, -0.05) is 304 Å². The van der Waals surface area contributed by atoms with Crippen LogP contribution in [-0.2, 0) is 33.3 Å². The summed E-state index contributed by atoms with van der Waals surface area (Å²) in [5.74, 6) is -2.27. The largest absolute Gasteiger partial charge is 0.545 e. The normalized spacial score (nSPS) is 13.2. The minimum absolute atomic E-state index is 0.146. The number of carbonyl (C=O) groups is 3. The second-order valence-corrected chi connectivity index (χ2v) is 25.1. The van der Waals surface area contributed by atoms with Crippen molar-refractivity contribution in [3.8, 4) is 0 Å². The first-order valence-corrected chi connectivity index (χ1v) is 35.7. The molecule has 0 heterocycles. The van der Waals surface area contributed by atoms with E-state index in [4.69, 9.17) is 18.9 Å². The minimum Gasteiger partial charge on any atom is -0.545 e. The minimum atomic E-state index is -1.62. The van der Waals surface area contributed by atoms with E-state index in [0.717, 1.165) is 70.6 Å². The molecule has 2 atom stereocenters. The predicted molar refractivity (Wildman–Crippen MR) is 361 cm³/mol. The Bertz CT molecular complexity index is 1670. The third kappa shape index (κ3) is 67.8. The zero-order chi connectivity index (χ0) is 61.9. The number of esters is 2. The molecule has 0 aromatic rings. The van der Waals surface area contributed by atoms with Gasteiger partial charge in [0.2, 0.25) is 0 Å². The number of quaternary nitrogens is 1. The van der Waals surface area contributed by atoms with Crippen molar-refractivity contribution in [3.05, 3.63) is 85.1 Å². The SMILES string of the molecule is CC/C=C\C/C=C\C/C=C\C/C=C\CCCCCCCCCCCCCCCCCCCCCCCCC(=O)OC(COC(=O)CCCCCCCCCCCC/C=C\C/C=C\C/C=C\CCCCCCC)COC(OCC[N+](C)(C)C)C(=O)[O-]. The Hall–Kier alpha value is -3.53. The summed E-state index contributed by atoms with van der Waals surface area (Å²) in [6.45, 7) is 4.66. The number of carboxylic acids is 1. The highest BCUT2D eigenvalue weighted by atomic mass is 16.7. The molecule has 0 saturated carbocycles. The van der Waals surface area contributed by atoms with Crippen LogP contribution in [0.1, 0.15) is 322 Å². The molecule has 0 amide bonds. The van der Waals surface area contributed by atoms with E-state index in [1.54, 1.807) is 0 Å². The van der Waals surface area contributed by atoms with E-state index in [0.29, 0.717) is 17.4 Å². The second-order valence-electron chi connectivity index (χ2n) is 25.1. The van der Waals surface area contributed by atoms with Crippen molar-refractivity contribution in [2.24, 2.45) is 0 Å². The van der Waals surface area contributed by atoms with Crippen LogP contribution in [0.5, 0.6) is 0 Å². The summed E-state index contributed by atoms with van der Waals surface area (Å²) in [6.07, 6.45) is 86.7. The van der Waals surface area contributed by atoms with Crippen LogP contribution in [-0.4, -0.2) is 82.3 Å². The summed E-state index contributed by atoms with van der Waals surface area (Å²) < 4.78 is 22.8. The fraction of sp³-hybridized carbons (Fsp3) is 0.776. The molecule has 85 heavy (non-hydrogen) atoms. The molecule has 0 aromatic heterocycles. The van der Waals surface area contributed by atoms with Gasteiger partial charge in [-0.3, -0.25) is 9.59 Å². The highest BCUT2D eigenvalue weighted by Crippen LogP contribution is 2.18. The van der Waals surface area contributed by atoms with Crippen molar-refractivity contribution in [3.63, 3.8) is 0 Å². The molecule has 0 aromatic carbocycles. The Kier molecular flexibility index (Phi) is 63.7. The Balaban J connectivity index is 4.06. The number of rotatable bonds is 66. The Morgan fingerprint density at radius 1 is 0.365 bits per heavy atom. The maximum atomic E-state index is 12.9. The van der Waals surface area contributed by atoms with Gasteiger partial charge >= 0.3 is 11.9 Å². The van der Waals surface area contributed by atoms with Gasteiger partial charge in [0.1, 0.15) is 13.2 Å². The van der Waals surface area contributed by atoms with Crippen molar-refractivity contribution in [1.29, 1.82) is 0 Å². The summed E-state index contributed by atoms with van der Waals surface area (Å²) in [6, 6.07) is 0. The number of likely N-dealkylation sites (N-methyl/N-ethyl adjacent to an activating group) is 1. The van der Waals surface area contributed by atoms with E-state index in [9.17, 15) is 19.5 Å². The van der Waals surface area contributed by atoms with E-state index in [-0.39, 0.29) is 38.6 Å². The van der Waals surface area contributed by atoms with Crippen molar-refractivity contribution in [1.82, 2.24) is 0 Å². The van der Waals surface area contributed by atoms with Crippen LogP contribution in [0, 0.1) is 0 Å². The lowest BCUT2D eigenvalue weighted by atomic mass is 10.0. The lowest BCUT2D eigenvalue weighted by Gasteiger charge is -2.26. The van der Waals surface area contributed by atoms with Gasteiger partial charge in [0, 0.05) is 12.8 Å². The summed E-state index contributed by atoms with van der Waals surface area (Å²) in [5, 5.41) is 11.8. The number of carboxylic acid groups (broad SMARTS) is 1. The van der Waals surface area contributed by atoms with Crippen LogP contribution in [0.2, 0.25) is 0 Å². The highest BCUT2D eigenvalue weighted by molar-refractivity contribution is 5.70. The van der Waals surface area contributed by atoms with Gasteiger partial charge < -0.3 is 33.3 Å². The summed E-state index contributed by atoms with van der Waals surface area (Å²) in [7, 11) is 5.94. The molecule has 0 rings (SSSR count).